The summed E-state index contributed by atoms with van der Waals surface area (Å²) < 4.78 is 7.18. The molecule has 0 bridgehead atoms. The minimum atomic E-state index is -0.377. The zero-order chi connectivity index (χ0) is 19.4. The van der Waals surface area contributed by atoms with Crippen LogP contribution in [0, 0.1) is 0 Å². The molecule has 2 aromatic rings. The summed E-state index contributed by atoms with van der Waals surface area (Å²) in [6.07, 6.45) is 2.92. The summed E-state index contributed by atoms with van der Waals surface area (Å²) in [4.78, 5) is 29.9. The van der Waals surface area contributed by atoms with Crippen LogP contribution in [-0.4, -0.2) is 40.0 Å². The van der Waals surface area contributed by atoms with Crippen molar-refractivity contribution in [1.82, 2.24) is 14.9 Å². The topological polar surface area (TPSA) is 73.2 Å². The van der Waals surface area contributed by atoms with Crippen LogP contribution in [-0.2, 0) is 16.1 Å². The van der Waals surface area contributed by atoms with Gasteiger partial charge >= 0.3 is 0 Å². The van der Waals surface area contributed by atoms with Crippen LogP contribution in [0.3, 0.4) is 0 Å². The third-order valence-corrected chi connectivity index (χ3v) is 5.83. The molecule has 2 heterocycles. The smallest absolute Gasteiger partial charge is 0.262 e. The molecule has 1 aromatic carbocycles. The normalized spacial score (nSPS) is 18.0. The van der Waals surface area contributed by atoms with Gasteiger partial charge in [0.05, 0.1) is 22.3 Å². The van der Waals surface area contributed by atoms with Gasteiger partial charge in [-0.2, -0.15) is 0 Å². The van der Waals surface area contributed by atoms with E-state index >= 15 is 0 Å². The molecule has 1 amide bonds. The van der Waals surface area contributed by atoms with Crippen LogP contribution >= 0.6 is 23.4 Å². The second kappa shape index (κ2) is 9.08. The van der Waals surface area contributed by atoms with Crippen molar-refractivity contribution >= 4 is 40.2 Å². The van der Waals surface area contributed by atoms with Crippen molar-refractivity contribution in [3.8, 4) is 0 Å². The maximum Gasteiger partial charge on any atom is 0.262 e. The SMILES string of the molecule is CCCn1c(S[C@H](C)C(=O)NC[C@H]2CCCO2)nc2cc(Cl)ccc2c1=O. The molecule has 1 fully saturated rings. The molecule has 1 saturated heterocycles. The number of nitrogens with one attached hydrogen (secondary N) is 1. The molecule has 1 aliphatic heterocycles. The summed E-state index contributed by atoms with van der Waals surface area (Å²) in [5, 5.41) is 4.16. The summed E-state index contributed by atoms with van der Waals surface area (Å²) in [7, 11) is 0. The van der Waals surface area contributed by atoms with Gasteiger partial charge in [0.2, 0.25) is 5.91 Å². The number of benzene rings is 1. The van der Waals surface area contributed by atoms with Crippen molar-refractivity contribution in [1.29, 1.82) is 0 Å². The molecule has 1 aliphatic rings. The van der Waals surface area contributed by atoms with Crippen molar-refractivity contribution in [3.63, 3.8) is 0 Å². The van der Waals surface area contributed by atoms with Crippen LogP contribution in [0.25, 0.3) is 10.9 Å². The van der Waals surface area contributed by atoms with Gasteiger partial charge in [0, 0.05) is 24.7 Å². The van der Waals surface area contributed by atoms with E-state index in [9.17, 15) is 9.59 Å². The predicted octanol–water partition coefficient (Wildman–Crippen LogP) is 3.24. The molecule has 0 unspecified atom stereocenters. The number of carbonyl (C=O) groups excluding carboxylic acids is 1. The number of aromatic nitrogens is 2. The van der Waals surface area contributed by atoms with Crippen molar-refractivity contribution < 1.29 is 9.53 Å². The molecule has 0 aliphatic carbocycles. The van der Waals surface area contributed by atoms with E-state index in [0.29, 0.717) is 34.2 Å². The Hall–Kier alpha value is -1.57. The fraction of sp³-hybridized carbons (Fsp3) is 0.526. The Balaban J connectivity index is 1.80. The molecule has 3 rings (SSSR count). The van der Waals surface area contributed by atoms with Crippen LogP contribution < -0.4 is 10.9 Å². The Kier molecular flexibility index (Phi) is 6.78. The summed E-state index contributed by atoms with van der Waals surface area (Å²) in [5.41, 5.74) is 0.447. The van der Waals surface area contributed by atoms with Gasteiger partial charge < -0.3 is 10.1 Å². The number of thioether (sulfide) groups is 1. The van der Waals surface area contributed by atoms with Gasteiger partial charge in [-0.05, 0) is 44.4 Å². The lowest BCUT2D eigenvalue weighted by Crippen LogP contribution is -2.37. The summed E-state index contributed by atoms with van der Waals surface area (Å²) in [6.45, 7) is 5.66. The van der Waals surface area contributed by atoms with E-state index in [1.54, 1.807) is 22.8 Å². The van der Waals surface area contributed by atoms with E-state index in [0.717, 1.165) is 25.9 Å². The molecule has 0 radical (unpaired) electrons. The van der Waals surface area contributed by atoms with Crippen LogP contribution in [0.1, 0.15) is 33.1 Å². The second-order valence-corrected chi connectivity index (χ2v) is 8.40. The van der Waals surface area contributed by atoms with Gasteiger partial charge in [-0.25, -0.2) is 4.98 Å². The highest BCUT2D eigenvalue weighted by molar-refractivity contribution is 8.00. The van der Waals surface area contributed by atoms with E-state index in [-0.39, 0.29) is 22.8 Å². The Morgan fingerprint density at radius 1 is 1.52 bits per heavy atom. The zero-order valence-corrected chi connectivity index (χ0v) is 17.1. The van der Waals surface area contributed by atoms with Gasteiger partial charge in [-0.3, -0.25) is 14.2 Å². The number of hydrogen-bond donors (Lipinski definition) is 1. The Bertz CT molecular complexity index is 880. The van der Waals surface area contributed by atoms with Crippen LogP contribution in [0.5, 0.6) is 0 Å². The van der Waals surface area contributed by atoms with Crippen molar-refractivity contribution in [2.24, 2.45) is 0 Å². The quantitative estimate of drug-likeness (QED) is 0.561. The lowest BCUT2D eigenvalue weighted by Gasteiger charge is -2.17. The highest BCUT2D eigenvalue weighted by Crippen LogP contribution is 2.24. The van der Waals surface area contributed by atoms with Crippen molar-refractivity contribution in [2.45, 2.75) is 56.2 Å². The third kappa shape index (κ3) is 4.83. The number of fused-ring (bicyclic) bond motifs is 1. The van der Waals surface area contributed by atoms with Gasteiger partial charge in [0.15, 0.2) is 5.16 Å². The number of carbonyl (C=O) groups is 1. The monoisotopic (exact) mass is 409 g/mol. The highest BCUT2D eigenvalue weighted by atomic mass is 35.5. The molecule has 0 spiro atoms. The average molecular weight is 410 g/mol. The number of hydrogen-bond acceptors (Lipinski definition) is 5. The zero-order valence-electron chi connectivity index (χ0n) is 15.5. The lowest BCUT2D eigenvalue weighted by molar-refractivity contribution is -0.120. The van der Waals surface area contributed by atoms with Gasteiger partial charge in [-0.15, -0.1) is 0 Å². The Morgan fingerprint density at radius 3 is 3.04 bits per heavy atom. The van der Waals surface area contributed by atoms with E-state index < -0.39 is 0 Å². The summed E-state index contributed by atoms with van der Waals surface area (Å²) >= 11 is 7.34. The first kappa shape index (κ1) is 20.2. The van der Waals surface area contributed by atoms with Crippen LogP contribution in [0.2, 0.25) is 5.02 Å². The fourth-order valence-electron chi connectivity index (χ4n) is 3.06. The van der Waals surface area contributed by atoms with Crippen LogP contribution in [0.4, 0.5) is 0 Å². The molecule has 0 saturated carbocycles. The third-order valence-electron chi connectivity index (χ3n) is 4.51. The first-order chi connectivity index (χ1) is 13.0. The van der Waals surface area contributed by atoms with Crippen molar-refractivity contribution in [3.05, 3.63) is 33.6 Å². The first-order valence-electron chi connectivity index (χ1n) is 9.25. The number of rotatable bonds is 7. The van der Waals surface area contributed by atoms with Gasteiger partial charge in [0.25, 0.3) is 5.56 Å². The standard InChI is InChI=1S/C19H24ClN3O3S/c1-3-8-23-18(25)15-7-6-13(20)10-16(15)22-19(23)27-12(2)17(24)21-11-14-5-4-9-26-14/h6-7,10,12,14H,3-5,8-9,11H2,1-2H3,(H,21,24)/t12-,14-/m1/s1. The van der Waals surface area contributed by atoms with E-state index in [2.05, 4.69) is 10.3 Å². The van der Waals surface area contributed by atoms with Crippen molar-refractivity contribution in [2.75, 3.05) is 13.2 Å². The molecule has 1 aromatic heterocycles. The fourth-order valence-corrected chi connectivity index (χ4v) is 4.19. The first-order valence-corrected chi connectivity index (χ1v) is 10.5. The molecule has 8 heteroatoms. The molecule has 6 nitrogen and oxygen atoms in total. The molecular weight excluding hydrogens is 386 g/mol. The lowest BCUT2D eigenvalue weighted by atomic mass is 10.2. The molecular formula is C19H24ClN3O3S. The average Bonchev–Trinajstić information content (AvgIpc) is 3.16. The molecule has 27 heavy (non-hydrogen) atoms. The largest absolute Gasteiger partial charge is 0.376 e. The molecule has 2 atom stereocenters. The van der Waals surface area contributed by atoms with Gasteiger partial charge in [0.1, 0.15) is 0 Å². The number of amides is 1. The van der Waals surface area contributed by atoms with E-state index in [4.69, 9.17) is 16.3 Å². The number of ether oxygens (including phenoxy) is 1. The maximum atomic E-state index is 12.9. The Labute approximate surface area is 167 Å². The van der Waals surface area contributed by atoms with E-state index in [1.807, 2.05) is 13.8 Å². The molecule has 1 N–H and O–H groups in total. The number of nitrogens with zero attached hydrogens (tertiary/aromatic N) is 2. The summed E-state index contributed by atoms with van der Waals surface area (Å²) in [5.74, 6) is -0.0843. The predicted molar refractivity (Wildman–Crippen MR) is 109 cm³/mol. The maximum absolute atomic E-state index is 12.9. The minimum Gasteiger partial charge on any atom is -0.376 e. The van der Waals surface area contributed by atoms with E-state index in [1.165, 1.54) is 11.8 Å². The highest BCUT2D eigenvalue weighted by Gasteiger charge is 2.21. The van der Waals surface area contributed by atoms with Crippen LogP contribution in [0.15, 0.2) is 28.2 Å². The Morgan fingerprint density at radius 2 is 2.33 bits per heavy atom. The minimum absolute atomic E-state index is 0.0843. The van der Waals surface area contributed by atoms with Gasteiger partial charge in [-0.1, -0.05) is 30.3 Å². The summed E-state index contributed by atoms with van der Waals surface area (Å²) in [6, 6.07) is 5.07. The molecule has 146 valence electrons. The number of halogens is 1. The second-order valence-electron chi connectivity index (χ2n) is 6.65.